The Bertz CT molecular complexity index is 1010. The maximum absolute atomic E-state index is 12.5. The van der Waals surface area contributed by atoms with Crippen molar-refractivity contribution < 1.29 is 14.1 Å². The van der Waals surface area contributed by atoms with Crippen LogP contribution in [0.3, 0.4) is 0 Å². The van der Waals surface area contributed by atoms with E-state index in [2.05, 4.69) is 28.2 Å². The van der Waals surface area contributed by atoms with Gasteiger partial charge in [-0.05, 0) is 52.9 Å². The predicted molar refractivity (Wildman–Crippen MR) is 112 cm³/mol. The van der Waals surface area contributed by atoms with Gasteiger partial charge < -0.3 is 9.73 Å². The van der Waals surface area contributed by atoms with Crippen LogP contribution in [0, 0.1) is 27.4 Å². The summed E-state index contributed by atoms with van der Waals surface area (Å²) in [5.41, 5.74) is 0.577. The molecule has 0 spiro atoms. The van der Waals surface area contributed by atoms with Crippen molar-refractivity contribution in [3.8, 4) is 17.4 Å². The van der Waals surface area contributed by atoms with Crippen molar-refractivity contribution in [1.29, 1.82) is 5.26 Å². The van der Waals surface area contributed by atoms with E-state index < -0.39 is 10.8 Å². The van der Waals surface area contributed by atoms with Crippen molar-refractivity contribution in [2.45, 2.75) is 38.6 Å². The van der Waals surface area contributed by atoms with E-state index in [1.807, 2.05) is 6.07 Å². The zero-order valence-corrected chi connectivity index (χ0v) is 17.4. The zero-order chi connectivity index (χ0) is 21.0. The third-order valence-electron chi connectivity index (χ3n) is 5.14. The largest absolute Gasteiger partial charge is 0.457 e. The SMILES string of the molecule is C[C@@H]1CCCC[C@@H]1NC(=O)/C(C#N)=C/c1ccc(-c2ccc([N+](=O)[O-])cc2Br)o1. The van der Waals surface area contributed by atoms with Gasteiger partial charge in [-0.15, -0.1) is 0 Å². The van der Waals surface area contributed by atoms with Crippen LogP contribution >= 0.6 is 15.9 Å². The third kappa shape index (κ3) is 4.93. The van der Waals surface area contributed by atoms with Crippen molar-refractivity contribution in [2.24, 2.45) is 5.92 Å². The minimum Gasteiger partial charge on any atom is -0.457 e. The smallest absolute Gasteiger partial charge is 0.270 e. The van der Waals surface area contributed by atoms with Crippen LogP contribution in [0.5, 0.6) is 0 Å². The fourth-order valence-electron chi connectivity index (χ4n) is 3.46. The molecule has 0 radical (unpaired) electrons. The van der Waals surface area contributed by atoms with Crippen LogP contribution in [0.2, 0.25) is 0 Å². The molecule has 1 aromatic carbocycles. The summed E-state index contributed by atoms with van der Waals surface area (Å²) in [5.74, 6) is 0.813. The van der Waals surface area contributed by atoms with Crippen molar-refractivity contribution in [1.82, 2.24) is 5.32 Å². The van der Waals surface area contributed by atoms with Crippen LogP contribution < -0.4 is 5.32 Å². The maximum atomic E-state index is 12.5. The molecule has 2 atom stereocenters. The number of furan rings is 1. The van der Waals surface area contributed by atoms with Crippen LogP contribution in [0.1, 0.15) is 38.4 Å². The second-order valence-corrected chi connectivity index (χ2v) is 7.99. The summed E-state index contributed by atoms with van der Waals surface area (Å²) in [6.45, 7) is 2.11. The molecule has 8 heteroatoms. The first-order valence-electron chi connectivity index (χ1n) is 9.36. The fourth-order valence-corrected chi connectivity index (χ4v) is 4.02. The van der Waals surface area contributed by atoms with Gasteiger partial charge in [0.25, 0.3) is 11.6 Å². The number of non-ortho nitro benzene ring substituents is 1. The van der Waals surface area contributed by atoms with Gasteiger partial charge in [0, 0.05) is 34.3 Å². The van der Waals surface area contributed by atoms with E-state index in [0.717, 1.165) is 19.3 Å². The highest BCUT2D eigenvalue weighted by Gasteiger charge is 2.24. The quantitative estimate of drug-likeness (QED) is 0.286. The predicted octanol–water partition coefficient (Wildman–Crippen LogP) is 5.22. The number of benzene rings is 1. The molecule has 1 aliphatic rings. The van der Waals surface area contributed by atoms with Gasteiger partial charge in [-0.3, -0.25) is 14.9 Å². The van der Waals surface area contributed by atoms with Crippen molar-refractivity contribution in [3.05, 3.63) is 56.3 Å². The van der Waals surface area contributed by atoms with Gasteiger partial charge >= 0.3 is 0 Å². The molecule has 150 valence electrons. The van der Waals surface area contributed by atoms with Crippen LogP contribution in [0.25, 0.3) is 17.4 Å². The summed E-state index contributed by atoms with van der Waals surface area (Å²) in [6.07, 6.45) is 5.65. The van der Waals surface area contributed by atoms with E-state index in [-0.39, 0.29) is 17.3 Å². The number of nitrogens with zero attached hydrogens (tertiary/aromatic N) is 2. The summed E-state index contributed by atoms with van der Waals surface area (Å²) in [5, 5.41) is 23.2. The molecule has 1 amide bonds. The molecule has 0 saturated heterocycles. The van der Waals surface area contributed by atoms with E-state index in [1.54, 1.807) is 18.2 Å². The van der Waals surface area contributed by atoms with E-state index in [1.165, 1.54) is 24.6 Å². The van der Waals surface area contributed by atoms with Crippen molar-refractivity contribution >= 4 is 33.6 Å². The molecule has 0 bridgehead atoms. The minimum absolute atomic E-state index is 0.0218. The molecule has 7 nitrogen and oxygen atoms in total. The van der Waals surface area contributed by atoms with Crippen molar-refractivity contribution in [3.63, 3.8) is 0 Å². The Balaban J connectivity index is 1.78. The average Bonchev–Trinajstić information content (AvgIpc) is 3.16. The van der Waals surface area contributed by atoms with Gasteiger partial charge in [-0.1, -0.05) is 19.8 Å². The second-order valence-electron chi connectivity index (χ2n) is 7.13. The van der Waals surface area contributed by atoms with Gasteiger partial charge in [0.1, 0.15) is 23.2 Å². The molecular formula is C21H20BrN3O4. The molecule has 1 N–H and O–H groups in total. The number of carbonyl (C=O) groups excluding carboxylic acids is 1. The number of hydrogen-bond acceptors (Lipinski definition) is 5. The summed E-state index contributed by atoms with van der Waals surface area (Å²) in [7, 11) is 0. The Kier molecular flexibility index (Phi) is 6.49. The molecule has 1 heterocycles. The molecular weight excluding hydrogens is 438 g/mol. The van der Waals surface area contributed by atoms with Crippen molar-refractivity contribution in [2.75, 3.05) is 0 Å². The first kappa shape index (κ1) is 20.8. The number of hydrogen-bond donors (Lipinski definition) is 1. The van der Waals surface area contributed by atoms with Crippen LogP contribution in [-0.2, 0) is 4.79 Å². The normalized spacial score (nSPS) is 19.4. The lowest BCUT2D eigenvalue weighted by atomic mass is 9.86. The summed E-state index contributed by atoms with van der Waals surface area (Å²) >= 11 is 3.31. The topological polar surface area (TPSA) is 109 Å². The highest BCUT2D eigenvalue weighted by molar-refractivity contribution is 9.10. The standard InChI is InChI=1S/C21H20BrN3O4/c1-13-4-2-3-5-19(13)24-21(26)14(12-23)10-16-7-9-20(29-16)17-8-6-15(25(27)28)11-18(17)22/h6-11,13,19H,2-5H2,1H3,(H,24,26)/b14-10+/t13-,19+/m1/s1. The Hall–Kier alpha value is -2.92. The lowest BCUT2D eigenvalue weighted by Crippen LogP contribution is -2.41. The lowest BCUT2D eigenvalue weighted by Gasteiger charge is -2.29. The minimum atomic E-state index is -0.476. The molecule has 29 heavy (non-hydrogen) atoms. The van der Waals surface area contributed by atoms with Gasteiger partial charge in [-0.25, -0.2) is 0 Å². The third-order valence-corrected chi connectivity index (χ3v) is 5.79. The molecule has 1 aromatic heterocycles. The molecule has 1 aliphatic carbocycles. The van der Waals surface area contributed by atoms with E-state index in [0.29, 0.717) is 27.5 Å². The Morgan fingerprint density at radius 3 is 2.76 bits per heavy atom. The first-order valence-corrected chi connectivity index (χ1v) is 10.1. The van der Waals surface area contributed by atoms with E-state index in [4.69, 9.17) is 4.42 Å². The molecule has 2 aromatic rings. The monoisotopic (exact) mass is 457 g/mol. The number of halogens is 1. The number of rotatable bonds is 5. The number of carbonyl (C=O) groups is 1. The number of amides is 1. The summed E-state index contributed by atoms with van der Waals surface area (Å²) in [4.78, 5) is 22.9. The number of nitro benzene ring substituents is 1. The average molecular weight is 458 g/mol. The van der Waals surface area contributed by atoms with Gasteiger partial charge in [0.15, 0.2) is 0 Å². The fraction of sp³-hybridized carbons (Fsp3) is 0.333. The highest BCUT2D eigenvalue weighted by atomic mass is 79.9. The van der Waals surface area contributed by atoms with Gasteiger partial charge in [0.05, 0.1) is 4.92 Å². The highest BCUT2D eigenvalue weighted by Crippen LogP contribution is 2.33. The van der Waals surface area contributed by atoms with Gasteiger partial charge in [0.2, 0.25) is 0 Å². The molecule has 0 unspecified atom stereocenters. The van der Waals surface area contributed by atoms with E-state index in [9.17, 15) is 20.2 Å². The number of nitro groups is 1. The molecule has 1 fully saturated rings. The first-order chi connectivity index (χ1) is 13.9. The number of nitrogens with one attached hydrogen (secondary N) is 1. The zero-order valence-electron chi connectivity index (χ0n) is 15.9. The molecule has 1 saturated carbocycles. The Morgan fingerprint density at radius 1 is 1.34 bits per heavy atom. The van der Waals surface area contributed by atoms with Crippen LogP contribution in [-0.4, -0.2) is 16.9 Å². The van der Waals surface area contributed by atoms with Gasteiger partial charge in [-0.2, -0.15) is 5.26 Å². The molecule has 3 rings (SSSR count). The Morgan fingerprint density at radius 2 is 2.10 bits per heavy atom. The summed E-state index contributed by atoms with van der Waals surface area (Å²) < 4.78 is 6.25. The van der Waals surface area contributed by atoms with Crippen LogP contribution in [0.4, 0.5) is 5.69 Å². The molecule has 0 aliphatic heterocycles. The summed E-state index contributed by atoms with van der Waals surface area (Å²) in [6, 6.07) is 9.72. The van der Waals surface area contributed by atoms with Crippen LogP contribution in [0.15, 0.2) is 44.8 Å². The number of nitriles is 1. The van der Waals surface area contributed by atoms with E-state index >= 15 is 0 Å². The maximum Gasteiger partial charge on any atom is 0.270 e. The second kappa shape index (κ2) is 9.05. The lowest BCUT2D eigenvalue weighted by molar-refractivity contribution is -0.384. The Labute approximate surface area is 176 Å².